The first kappa shape index (κ1) is 22.5. The molecule has 21 heavy (non-hydrogen) atoms. The second kappa shape index (κ2) is 17.8. The van der Waals surface area contributed by atoms with Gasteiger partial charge in [0, 0.05) is 0 Å². The molecule has 0 saturated heterocycles. The van der Waals surface area contributed by atoms with E-state index in [4.69, 9.17) is 17.0 Å². The summed E-state index contributed by atoms with van der Waals surface area (Å²) in [5.41, 5.74) is 0. The number of rotatable bonds is 6. The van der Waals surface area contributed by atoms with Crippen LogP contribution in [0.4, 0.5) is 0 Å². The van der Waals surface area contributed by atoms with Crippen LogP contribution in [-0.4, -0.2) is 0 Å². The fourth-order valence-corrected chi connectivity index (χ4v) is 3.16. The monoisotopic (exact) mass is 410 g/mol. The standard InChI is InChI=1S/2C9H17.2ClH.Zr/c2*1-2-3-6-9-7-4-5-8-9;;;/h2*4,9H,2-3,5-8H2,1H3;2*1H;/q2*-1;;;+4/p-2. The van der Waals surface area contributed by atoms with Gasteiger partial charge in [-0.1, -0.05) is 77.0 Å². The van der Waals surface area contributed by atoms with E-state index in [1.54, 1.807) is 0 Å². The molecule has 0 amide bonds. The molecule has 0 nitrogen and oxygen atoms in total. The van der Waals surface area contributed by atoms with E-state index in [9.17, 15) is 0 Å². The molecule has 0 N–H and O–H groups in total. The van der Waals surface area contributed by atoms with Crippen molar-refractivity contribution in [1.29, 1.82) is 0 Å². The summed E-state index contributed by atoms with van der Waals surface area (Å²) in [6.45, 7) is 4.55. The molecule has 2 unspecified atom stereocenters. The van der Waals surface area contributed by atoms with Gasteiger partial charge in [-0.2, -0.15) is 25.7 Å². The van der Waals surface area contributed by atoms with E-state index < -0.39 is 20.8 Å². The Morgan fingerprint density at radius 2 is 1.24 bits per heavy atom. The molecule has 0 aromatic heterocycles. The van der Waals surface area contributed by atoms with Gasteiger partial charge >= 0.3 is 37.9 Å². The Hall–Kier alpha value is 1.46. The zero-order valence-corrected chi connectivity index (χ0v) is 18.0. The van der Waals surface area contributed by atoms with Crippen molar-refractivity contribution in [3.05, 3.63) is 12.8 Å². The summed E-state index contributed by atoms with van der Waals surface area (Å²) >= 11 is -0.826. The molecule has 0 spiro atoms. The third kappa shape index (κ3) is 14.8. The third-order valence-electron chi connectivity index (χ3n) is 4.49. The van der Waals surface area contributed by atoms with E-state index in [2.05, 4.69) is 26.7 Å². The fraction of sp³-hybridized carbons (Fsp3) is 0.889. The van der Waals surface area contributed by atoms with E-state index in [0.29, 0.717) is 0 Å². The maximum atomic E-state index is 4.93. The molecule has 2 fully saturated rings. The molecule has 0 heterocycles. The van der Waals surface area contributed by atoms with Crippen molar-refractivity contribution in [2.24, 2.45) is 11.8 Å². The van der Waals surface area contributed by atoms with Crippen LogP contribution in [0, 0.1) is 24.7 Å². The molecule has 2 saturated carbocycles. The van der Waals surface area contributed by atoms with Gasteiger partial charge in [-0.25, -0.2) is 0 Å². The number of halogens is 2. The zero-order chi connectivity index (χ0) is 15.8. The number of hydrogen-bond donors (Lipinski definition) is 0. The summed E-state index contributed by atoms with van der Waals surface area (Å²) in [7, 11) is 9.87. The van der Waals surface area contributed by atoms with Crippen LogP contribution in [0.3, 0.4) is 0 Å². The zero-order valence-electron chi connectivity index (χ0n) is 14.1. The predicted octanol–water partition coefficient (Wildman–Crippen LogP) is 7.74. The normalized spacial score (nSPS) is 23.6. The Bertz CT molecular complexity index is 168. The fourth-order valence-electron chi connectivity index (χ4n) is 3.16. The van der Waals surface area contributed by atoms with Gasteiger partial charge in [-0.3, -0.25) is 0 Å². The molecule has 0 bridgehead atoms. The minimum absolute atomic E-state index is 0.826. The van der Waals surface area contributed by atoms with Gasteiger partial charge in [-0.05, 0) is 0 Å². The van der Waals surface area contributed by atoms with Gasteiger partial charge in [-0.15, -0.1) is 0 Å². The van der Waals surface area contributed by atoms with E-state index in [0.717, 1.165) is 11.8 Å². The molecular formula is C18H34Cl2Zr. The first-order chi connectivity index (χ1) is 10.3. The average molecular weight is 413 g/mol. The van der Waals surface area contributed by atoms with E-state index in [1.165, 1.54) is 77.0 Å². The maximum absolute atomic E-state index is 4.93. The molecule has 2 atom stereocenters. The van der Waals surface area contributed by atoms with Crippen molar-refractivity contribution >= 4 is 17.0 Å². The third-order valence-corrected chi connectivity index (χ3v) is 4.49. The second-order valence-electron chi connectivity index (χ2n) is 6.29. The van der Waals surface area contributed by atoms with E-state index in [-0.39, 0.29) is 0 Å². The second-order valence-corrected chi connectivity index (χ2v) is 10.0. The molecule has 2 aliphatic rings. The van der Waals surface area contributed by atoms with Crippen molar-refractivity contribution in [2.45, 2.75) is 90.9 Å². The average Bonchev–Trinajstić information content (AvgIpc) is 3.18. The first-order valence-corrected chi connectivity index (χ1v) is 15.2. The van der Waals surface area contributed by atoms with Gasteiger partial charge in [0.05, 0.1) is 0 Å². The van der Waals surface area contributed by atoms with Crippen LogP contribution in [0.2, 0.25) is 0 Å². The summed E-state index contributed by atoms with van der Waals surface area (Å²) in [6.07, 6.45) is 22.0. The summed E-state index contributed by atoms with van der Waals surface area (Å²) in [4.78, 5) is 0. The summed E-state index contributed by atoms with van der Waals surface area (Å²) in [6, 6.07) is 0. The SMILES string of the molecule is CCCCC1C[CH-]CC1.CCCCC1C[CH-]CC1.[Cl][Zr+2][Cl]. The minimum atomic E-state index is -0.826. The van der Waals surface area contributed by atoms with Crippen LogP contribution in [-0.2, 0) is 20.8 Å². The summed E-state index contributed by atoms with van der Waals surface area (Å²) in [5, 5.41) is 0. The topological polar surface area (TPSA) is 0 Å². The van der Waals surface area contributed by atoms with Crippen LogP contribution in [0.1, 0.15) is 90.9 Å². The molecule has 2 rings (SSSR count). The van der Waals surface area contributed by atoms with Crippen LogP contribution in [0.25, 0.3) is 0 Å². The molecule has 0 radical (unpaired) electrons. The van der Waals surface area contributed by atoms with Crippen molar-refractivity contribution in [3.8, 4) is 0 Å². The van der Waals surface area contributed by atoms with Gasteiger partial charge in [0.1, 0.15) is 0 Å². The molecule has 0 aromatic carbocycles. The molecule has 2 aliphatic carbocycles. The van der Waals surface area contributed by atoms with Crippen molar-refractivity contribution in [2.75, 3.05) is 0 Å². The molecule has 0 aromatic rings. The van der Waals surface area contributed by atoms with Crippen LogP contribution >= 0.6 is 17.0 Å². The Morgan fingerprint density at radius 1 is 0.857 bits per heavy atom. The quantitative estimate of drug-likeness (QED) is 0.391. The summed E-state index contributed by atoms with van der Waals surface area (Å²) in [5.74, 6) is 2.12. The first-order valence-electron chi connectivity index (χ1n) is 8.87. The van der Waals surface area contributed by atoms with E-state index in [1.807, 2.05) is 0 Å². The van der Waals surface area contributed by atoms with Crippen molar-refractivity contribution < 1.29 is 20.8 Å². The number of hydrogen-bond acceptors (Lipinski definition) is 0. The van der Waals surface area contributed by atoms with E-state index >= 15 is 0 Å². The predicted molar refractivity (Wildman–Crippen MR) is 94.0 cm³/mol. The van der Waals surface area contributed by atoms with Crippen LogP contribution in [0.15, 0.2) is 0 Å². The Kier molecular flexibility index (Phi) is 19.1. The Labute approximate surface area is 152 Å². The number of unbranched alkanes of at least 4 members (excludes halogenated alkanes) is 2. The van der Waals surface area contributed by atoms with Crippen molar-refractivity contribution in [3.63, 3.8) is 0 Å². The molecule has 124 valence electrons. The van der Waals surface area contributed by atoms with Gasteiger partial charge in [0.15, 0.2) is 0 Å². The molecular weight excluding hydrogens is 378 g/mol. The van der Waals surface area contributed by atoms with Gasteiger partial charge < -0.3 is 12.8 Å². The molecule has 3 heteroatoms. The molecule has 0 aliphatic heterocycles. The van der Waals surface area contributed by atoms with Gasteiger partial charge in [0.25, 0.3) is 0 Å². The van der Waals surface area contributed by atoms with Crippen LogP contribution in [0.5, 0.6) is 0 Å². The Morgan fingerprint density at radius 3 is 1.48 bits per heavy atom. The summed E-state index contributed by atoms with van der Waals surface area (Å²) < 4.78 is 0. The van der Waals surface area contributed by atoms with Gasteiger partial charge in [0.2, 0.25) is 0 Å². The van der Waals surface area contributed by atoms with Crippen LogP contribution < -0.4 is 0 Å². The Balaban J connectivity index is 0.000000322. The van der Waals surface area contributed by atoms with Crippen molar-refractivity contribution in [1.82, 2.24) is 0 Å².